The number of benzene rings is 1. The van der Waals surface area contributed by atoms with Gasteiger partial charge in [0.25, 0.3) is 0 Å². The maximum Gasteiger partial charge on any atom is 0.127 e. The van der Waals surface area contributed by atoms with Gasteiger partial charge in [0, 0.05) is 17.0 Å². The largest absolute Gasteiger partial charge is 0.497 e. The second kappa shape index (κ2) is 7.85. The SMILES string of the molecule is COc1ccc(CBr)c(OCCCSC)c1. The van der Waals surface area contributed by atoms with Crippen molar-refractivity contribution < 1.29 is 9.47 Å². The van der Waals surface area contributed by atoms with Gasteiger partial charge in [-0.05, 0) is 24.5 Å². The third-order valence-electron chi connectivity index (χ3n) is 2.17. The number of halogens is 1. The summed E-state index contributed by atoms with van der Waals surface area (Å²) in [5.74, 6) is 2.88. The van der Waals surface area contributed by atoms with E-state index in [1.807, 2.05) is 30.0 Å². The van der Waals surface area contributed by atoms with Crippen molar-refractivity contribution in [2.24, 2.45) is 0 Å². The van der Waals surface area contributed by atoms with Gasteiger partial charge in [-0.2, -0.15) is 11.8 Å². The van der Waals surface area contributed by atoms with Crippen LogP contribution in [0.15, 0.2) is 18.2 Å². The zero-order valence-electron chi connectivity index (χ0n) is 9.66. The van der Waals surface area contributed by atoms with E-state index >= 15 is 0 Å². The molecule has 0 fully saturated rings. The smallest absolute Gasteiger partial charge is 0.127 e. The minimum absolute atomic E-state index is 0.758. The molecule has 2 nitrogen and oxygen atoms in total. The van der Waals surface area contributed by atoms with E-state index in [-0.39, 0.29) is 0 Å². The van der Waals surface area contributed by atoms with Crippen molar-refractivity contribution >= 4 is 27.7 Å². The summed E-state index contributed by atoms with van der Waals surface area (Å²) in [7, 11) is 1.67. The van der Waals surface area contributed by atoms with Crippen molar-refractivity contribution in [3.8, 4) is 11.5 Å². The van der Waals surface area contributed by atoms with E-state index in [1.165, 1.54) is 0 Å². The van der Waals surface area contributed by atoms with Gasteiger partial charge in [-0.1, -0.05) is 22.0 Å². The van der Waals surface area contributed by atoms with Crippen LogP contribution in [0.3, 0.4) is 0 Å². The zero-order valence-corrected chi connectivity index (χ0v) is 12.1. The van der Waals surface area contributed by atoms with Gasteiger partial charge in [0.2, 0.25) is 0 Å². The molecule has 0 atom stereocenters. The van der Waals surface area contributed by atoms with E-state index in [4.69, 9.17) is 9.47 Å². The van der Waals surface area contributed by atoms with E-state index in [9.17, 15) is 0 Å². The molecule has 0 bridgehead atoms. The van der Waals surface area contributed by atoms with Crippen molar-refractivity contribution in [3.63, 3.8) is 0 Å². The van der Waals surface area contributed by atoms with Gasteiger partial charge in [0.05, 0.1) is 13.7 Å². The Hall–Kier alpha value is -0.350. The topological polar surface area (TPSA) is 18.5 Å². The molecule has 1 aromatic rings. The Morgan fingerprint density at radius 1 is 1.38 bits per heavy atom. The molecule has 0 N–H and O–H groups in total. The molecule has 16 heavy (non-hydrogen) atoms. The fraction of sp³-hybridized carbons (Fsp3) is 0.500. The van der Waals surface area contributed by atoms with Gasteiger partial charge in [-0.15, -0.1) is 0 Å². The van der Waals surface area contributed by atoms with E-state index < -0.39 is 0 Å². The Kier molecular flexibility index (Phi) is 6.73. The van der Waals surface area contributed by atoms with E-state index in [0.717, 1.165) is 41.2 Å². The third kappa shape index (κ3) is 4.26. The molecule has 0 heterocycles. The van der Waals surface area contributed by atoms with Gasteiger partial charge < -0.3 is 9.47 Å². The molecule has 0 aliphatic carbocycles. The maximum absolute atomic E-state index is 5.75. The molecule has 1 rings (SSSR count). The first-order chi connectivity index (χ1) is 7.81. The van der Waals surface area contributed by atoms with Gasteiger partial charge in [-0.25, -0.2) is 0 Å². The van der Waals surface area contributed by atoms with E-state index in [1.54, 1.807) is 7.11 Å². The van der Waals surface area contributed by atoms with Gasteiger partial charge in [-0.3, -0.25) is 0 Å². The average molecular weight is 305 g/mol. The minimum atomic E-state index is 0.758. The second-order valence-corrected chi connectivity index (χ2v) is 4.85. The third-order valence-corrected chi connectivity index (χ3v) is 3.47. The fourth-order valence-electron chi connectivity index (χ4n) is 1.29. The van der Waals surface area contributed by atoms with Gasteiger partial charge in [0.15, 0.2) is 0 Å². The molecule has 1 aromatic carbocycles. The Labute approximate surface area is 110 Å². The molecule has 0 amide bonds. The van der Waals surface area contributed by atoms with Crippen LogP contribution in [0.25, 0.3) is 0 Å². The first kappa shape index (κ1) is 13.7. The van der Waals surface area contributed by atoms with Crippen LogP contribution in [-0.2, 0) is 5.33 Å². The lowest BCUT2D eigenvalue weighted by Crippen LogP contribution is -2.01. The zero-order chi connectivity index (χ0) is 11.8. The van der Waals surface area contributed by atoms with Crippen LogP contribution in [0.5, 0.6) is 11.5 Å². The quantitative estimate of drug-likeness (QED) is 0.565. The number of ether oxygens (including phenoxy) is 2. The molecule has 0 saturated heterocycles. The molecule has 0 unspecified atom stereocenters. The Bertz CT molecular complexity index is 318. The summed E-state index contributed by atoms with van der Waals surface area (Å²) in [5, 5.41) is 0.800. The summed E-state index contributed by atoms with van der Waals surface area (Å²) in [6, 6.07) is 5.92. The Morgan fingerprint density at radius 2 is 2.19 bits per heavy atom. The highest BCUT2D eigenvalue weighted by Gasteiger charge is 2.04. The van der Waals surface area contributed by atoms with Crippen molar-refractivity contribution in [3.05, 3.63) is 23.8 Å². The van der Waals surface area contributed by atoms with E-state index in [0.29, 0.717) is 0 Å². The monoisotopic (exact) mass is 304 g/mol. The number of alkyl halides is 1. The van der Waals surface area contributed by atoms with Crippen molar-refractivity contribution in [2.45, 2.75) is 11.8 Å². The van der Waals surface area contributed by atoms with Gasteiger partial charge >= 0.3 is 0 Å². The fourth-order valence-corrected chi connectivity index (χ4v) is 2.16. The minimum Gasteiger partial charge on any atom is -0.497 e. The predicted octanol–water partition coefficient (Wildman–Crippen LogP) is 3.72. The number of thioether (sulfide) groups is 1. The summed E-state index contributed by atoms with van der Waals surface area (Å²) in [5.41, 5.74) is 1.16. The molecular formula is C12H17BrO2S. The van der Waals surface area contributed by atoms with E-state index in [2.05, 4.69) is 22.2 Å². The highest BCUT2D eigenvalue weighted by atomic mass is 79.9. The van der Waals surface area contributed by atoms with Crippen LogP contribution in [0, 0.1) is 0 Å². The lowest BCUT2D eigenvalue weighted by Gasteiger charge is -2.11. The molecule has 4 heteroatoms. The van der Waals surface area contributed by atoms with Crippen molar-refractivity contribution in [1.82, 2.24) is 0 Å². The lowest BCUT2D eigenvalue weighted by atomic mass is 10.2. The van der Waals surface area contributed by atoms with Crippen molar-refractivity contribution in [1.29, 1.82) is 0 Å². The maximum atomic E-state index is 5.75. The first-order valence-electron chi connectivity index (χ1n) is 5.16. The molecule has 90 valence electrons. The summed E-state index contributed by atoms with van der Waals surface area (Å²) in [6.07, 6.45) is 3.18. The molecule has 0 radical (unpaired) electrons. The highest BCUT2D eigenvalue weighted by Crippen LogP contribution is 2.26. The molecule has 0 spiro atoms. The van der Waals surface area contributed by atoms with Gasteiger partial charge in [0.1, 0.15) is 11.5 Å². The summed E-state index contributed by atoms with van der Waals surface area (Å²) in [6.45, 7) is 0.758. The van der Waals surface area contributed by atoms with Crippen LogP contribution < -0.4 is 9.47 Å². The summed E-state index contributed by atoms with van der Waals surface area (Å²) >= 11 is 5.29. The number of methoxy groups -OCH3 is 1. The molecule has 0 saturated carbocycles. The summed E-state index contributed by atoms with van der Waals surface area (Å²) < 4.78 is 10.9. The normalized spacial score (nSPS) is 10.2. The molecular weight excluding hydrogens is 288 g/mol. The summed E-state index contributed by atoms with van der Waals surface area (Å²) in [4.78, 5) is 0. The average Bonchev–Trinajstić information content (AvgIpc) is 2.34. The molecule has 0 aromatic heterocycles. The Balaban J connectivity index is 2.60. The predicted molar refractivity (Wildman–Crippen MR) is 74.1 cm³/mol. The number of hydrogen-bond donors (Lipinski definition) is 0. The molecule has 0 aliphatic heterocycles. The van der Waals surface area contributed by atoms with Crippen LogP contribution >= 0.6 is 27.7 Å². The first-order valence-corrected chi connectivity index (χ1v) is 7.68. The van der Waals surface area contributed by atoms with Crippen LogP contribution in [-0.4, -0.2) is 25.7 Å². The van der Waals surface area contributed by atoms with Crippen LogP contribution in [0.2, 0.25) is 0 Å². The molecule has 0 aliphatic rings. The van der Waals surface area contributed by atoms with Crippen molar-refractivity contribution in [2.75, 3.05) is 25.7 Å². The Morgan fingerprint density at radius 3 is 2.81 bits per heavy atom. The lowest BCUT2D eigenvalue weighted by molar-refractivity contribution is 0.313. The standard InChI is InChI=1S/C12H17BrO2S/c1-14-11-5-4-10(9-13)12(8-11)15-6-3-7-16-2/h4-5,8H,3,6-7,9H2,1-2H3. The van der Waals surface area contributed by atoms with Crippen LogP contribution in [0.4, 0.5) is 0 Å². The highest BCUT2D eigenvalue weighted by molar-refractivity contribution is 9.08. The second-order valence-electron chi connectivity index (χ2n) is 3.30. The number of rotatable bonds is 7. The van der Waals surface area contributed by atoms with Crippen LogP contribution in [0.1, 0.15) is 12.0 Å². The number of hydrogen-bond acceptors (Lipinski definition) is 3.